The van der Waals surface area contributed by atoms with Gasteiger partial charge in [-0.2, -0.15) is 0 Å². The zero-order valence-electron chi connectivity index (χ0n) is 12.7. The van der Waals surface area contributed by atoms with E-state index < -0.39 is 0 Å². The van der Waals surface area contributed by atoms with Crippen LogP contribution in [0.3, 0.4) is 0 Å². The van der Waals surface area contributed by atoms with Crippen LogP contribution in [-0.4, -0.2) is 23.5 Å². The van der Waals surface area contributed by atoms with E-state index in [-0.39, 0.29) is 18.3 Å². The third kappa shape index (κ3) is 2.36. The van der Waals surface area contributed by atoms with Gasteiger partial charge in [-0.15, -0.1) is 0 Å². The summed E-state index contributed by atoms with van der Waals surface area (Å²) < 4.78 is 10.6. The molecule has 6 nitrogen and oxygen atoms in total. The second-order valence-corrected chi connectivity index (χ2v) is 5.31. The number of ether oxygens (including phenoxy) is 1. The molecule has 1 aromatic carbocycles. The first-order valence-corrected chi connectivity index (χ1v) is 6.97. The van der Waals surface area contributed by atoms with Crippen LogP contribution < -0.4 is 9.64 Å². The third-order valence-electron chi connectivity index (χ3n) is 3.81. The monoisotopic (exact) mass is 300 g/mol. The summed E-state index contributed by atoms with van der Waals surface area (Å²) in [7, 11) is 0. The zero-order chi connectivity index (χ0) is 15.9. The highest BCUT2D eigenvalue weighted by atomic mass is 16.5. The molecule has 0 unspecified atom stereocenters. The van der Waals surface area contributed by atoms with Crippen LogP contribution in [0.15, 0.2) is 22.7 Å². The van der Waals surface area contributed by atoms with Crippen molar-refractivity contribution in [2.45, 2.75) is 27.3 Å². The van der Waals surface area contributed by atoms with Crippen molar-refractivity contribution in [2.75, 3.05) is 11.5 Å². The van der Waals surface area contributed by atoms with E-state index >= 15 is 0 Å². The molecule has 1 amide bonds. The Kier molecular flexibility index (Phi) is 3.44. The van der Waals surface area contributed by atoms with Crippen LogP contribution in [0.2, 0.25) is 0 Å². The third-order valence-corrected chi connectivity index (χ3v) is 3.81. The van der Waals surface area contributed by atoms with Gasteiger partial charge in [0.15, 0.2) is 12.4 Å². The number of aromatic nitrogens is 1. The van der Waals surface area contributed by atoms with Gasteiger partial charge < -0.3 is 14.2 Å². The van der Waals surface area contributed by atoms with Gasteiger partial charge in [-0.1, -0.05) is 5.16 Å². The van der Waals surface area contributed by atoms with Gasteiger partial charge in [-0.25, -0.2) is 0 Å². The maximum Gasteiger partial charge on any atom is 0.265 e. The minimum absolute atomic E-state index is 0.0181. The Morgan fingerprint density at radius 3 is 2.77 bits per heavy atom. The van der Waals surface area contributed by atoms with Crippen molar-refractivity contribution >= 4 is 17.4 Å². The lowest BCUT2D eigenvalue weighted by atomic mass is 10.1. The Balaban J connectivity index is 2.03. The summed E-state index contributed by atoms with van der Waals surface area (Å²) in [5, 5.41) is 3.91. The van der Waals surface area contributed by atoms with Crippen LogP contribution in [0.4, 0.5) is 5.69 Å². The predicted octanol–water partition coefficient (Wildman–Crippen LogP) is 2.42. The maximum atomic E-state index is 12.3. The molecule has 0 aliphatic carbocycles. The minimum atomic E-state index is -0.159. The molecule has 0 N–H and O–H groups in total. The Morgan fingerprint density at radius 2 is 2.14 bits per heavy atom. The number of Topliss-reactive ketones (excluding diaryl/α,β-unsaturated/α-hetero) is 1. The number of hydrogen-bond donors (Lipinski definition) is 0. The average molecular weight is 300 g/mol. The summed E-state index contributed by atoms with van der Waals surface area (Å²) in [6, 6.07) is 5.11. The van der Waals surface area contributed by atoms with Crippen molar-refractivity contribution in [3.05, 3.63) is 40.8 Å². The molecule has 0 fully saturated rings. The molecule has 0 spiro atoms. The van der Waals surface area contributed by atoms with Crippen LogP contribution in [0.5, 0.6) is 5.75 Å². The maximum absolute atomic E-state index is 12.3. The van der Waals surface area contributed by atoms with Crippen LogP contribution in [0.1, 0.15) is 34.3 Å². The molecule has 1 aliphatic rings. The van der Waals surface area contributed by atoms with Crippen LogP contribution in [0.25, 0.3) is 0 Å². The summed E-state index contributed by atoms with van der Waals surface area (Å²) in [6.45, 7) is 5.47. The average Bonchev–Trinajstić information content (AvgIpc) is 2.81. The number of amides is 1. The van der Waals surface area contributed by atoms with Gasteiger partial charge in [-0.3, -0.25) is 9.59 Å². The number of benzene rings is 1. The molecule has 2 heterocycles. The van der Waals surface area contributed by atoms with Gasteiger partial charge in [0.2, 0.25) is 0 Å². The first kappa shape index (κ1) is 14.3. The molecule has 2 aromatic rings. The van der Waals surface area contributed by atoms with E-state index in [1.807, 2.05) is 13.8 Å². The number of hydrogen-bond acceptors (Lipinski definition) is 5. The van der Waals surface area contributed by atoms with Crippen molar-refractivity contribution in [3.8, 4) is 5.75 Å². The lowest BCUT2D eigenvalue weighted by Gasteiger charge is -2.29. The first-order chi connectivity index (χ1) is 10.5. The highest BCUT2D eigenvalue weighted by Crippen LogP contribution is 2.34. The van der Waals surface area contributed by atoms with Crippen molar-refractivity contribution in [2.24, 2.45) is 0 Å². The SMILES string of the molecule is CC(=O)c1ccc2c(c1)N(Cc1c(C)noc1C)C(=O)CO2. The number of aryl methyl sites for hydroxylation is 2. The van der Waals surface area contributed by atoms with E-state index in [0.29, 0.717) is 29.3 Å². The molecule has 0 saturated carbocycles. The molecule has 3 rings (SSSR count). The molecule has 6 heteroatoms. The van der Waals surface area contributed by atoms with E-state index in [2.05, 4.69) is 5.16 Å². The lowest BCUT2D eigenvalue weighted by molar-refractivity contribution is -0.121. The second kappa shape index (κ2) is 5.29. The molecule has 1 aliphatic heterocycles. The van der Waals surface area contributed by atoms with Crippen molar-refractivity contribution < 1.29 is 18.8 Å². The van der Waals surface area contributed by atoms with E-state index in [0.717, 1.165) is 11.3 Å². The van der Waals surface area contributed by atoms with Crippen molar-refractivity contribution in [1.82, 2.24) is 5.16 Å². The number of ketones is 1. The number of nitrogens with zero attached hydrogens (tertiary/aromatic N) is 2. The quantitative estimate of drug-likeness (QED) is 0.814. The van der Waals surface area contributed by atoms with Gasteiger partial charge in [0, 0.05) is 11.1 Å². The number of carbonyl (C=O) groups is 2. The molecule has 0 atom stereocenters. The van der Waals surface area contributed by atoms with Crippen molar-refractivity contribution in [3.63, 3.8) is 0 Å². The predicted molar refractivity (Wildman–Crippen MR) is 79.1 cm³/mol. The van der Waals surface area contributed by atoms with Crippen molar-refractivity contribution in [1.29, 1.82) is 0 Å². The second-order valence-electron chi connectivity index (χ2n) is 5.31. The molecule has 0 bridgehead atoms. The Hall–Kier alpha value is -2.63. The highest BCUT2D eigenvalue weighted by Gasteiger charge is 2.28. The molecule has 114 valence electrons. The van der Waals surface area contributed by atoms with Gasteiger partial charge in [-0.05, 0) is 39.0 Å². The van der Waals surface area contributed by atoms with E-state index in [9.17, 15) is 9.59 Å². The number of fused-ring (bicyclic) bond motifs is 1. The fourth-order valence-corrected chi connectivity index (χ4v) is 2.48. The largest absolute Gasteiger partial charge is 0.482 e. The fraction of sp³-hybridized carbons (Fsp3) is 0.312. The van der Waals surface area contributed by atoms with Crippen LogP contribution in [-0.2, 0) is 11.3 Å². The van der Waals surface area contributed by atoms with Gasteiger partial charge in [0.05, 0.1) is 17.9 Å². The number of anilines is 1. The summed E-state index contributed by atoms with van der Waals surface area (Å²) >= 11 is 0. The molecular formula is C16H16N2O4. The normalized spacial score (nSPS) is 13.8. The molecule has 1 aromatic heterocycles. The van der Waals surface area contributed by atoms with Gasteiger partial charge in [0.25, 0.3) is 5.91 Å². The van der Waals surface area contributed by atoms with Crippen LogP contribution in [0, 0.1) is 13.8 Å². The van der Waals surface area contributed by atoms with Gasteiger partial charge in [0.1, 0.15) is 11.5 Å². The topological polar surface area (TPSA) is 72.6 Å². The zero-order valence-corrected chi connectivity index (χ0v) is 12.7. The lowest BCUT2D eigenvalue weighted by Crippen LogP contribution is -2.38. The number of carbonyl (C=O) groups excluding carboxylic acids is 2. The molecule has 0 saturated heterocycles. The van der Waals surface area contributed by atoms with Crippen LogP contribution >= 0.6 is 0 Å². The van der Waals surface area contributed by atoms with Gasteiger partial charge >= 0.3 is 0 Å². The molecule has 22 heavy (non-hydrogen) atoms. The fourth-order valence-electron chi connectivity index (χ4n) is 2.48. The Bertz CT molecular complexity index is 744. The molecule has 0 radical (unpaired) electrons. The summed E-state index contributed by atoms with van der Waals surface area (Å²) in [6.07, 6.45) is 0. The Morgan fingerprint density at radius 1 is 1.36 bits per heavy atom. The summed E-state index contributed by atoms with van der Waals surface area (Å²) in [5.41, 5.74) is 2.76. The summed E-state index contributed by atoms with van der Waals surface area (Å²) in [4.78, 5) is 25.4. The van der Waals surface area contributed by atoms with E-state index in [4.69, 9.17) is 9.26 Å². The minimum Gasteiger partial charge on any atom is -0.482 e. The Labute approximate surface area is 127 Å². The standard InChI is InChI=1S/C16H16N2O4/c1-9-13(11(3)22-17-9)7-18-14-6-12(10(2)19)4-5-15(14)21-8-16(18)20/h4-6H,7-8H2,1-3H3. The van der Waals surface area contributed by atoms with E-state index in [1.54, 1.807) is 23.1 Å². The smallest absolute Gasteiger partial charge is 0.265 e. The molecular weight excluding hydrogens is 284 g/mol. The highest BCUT2D eigenvalue weighted by molar-refractivity contribution is 6.01. The first-order valence-electron chi connectivity index (χ1n) is 6.97. The number of rotatable bonds is 3. The summed E-state index contributed by atoms with van der Waals surface area (Å²) in [5.74, 6) is 1.06. The van der Waals surface area contributed by atoms with E-state index in [1.165, 1.54) is 6.92 Å².